The van der Waals surface area contributed by atoms with E-state index >= 15 is 0 Å². The van der Waals surface area contributed by atoms with Crippen LogP contribution in [0.1, 0.15) is 18.4 Å². The maximum atomic E-state index is 6.17. The van der Waals surface area contributed by atoms with Gasteiger partial charge in [-0.15, -0.1) is 0 Å². The van der Waals surface area contributed by atoms with Crippen molar-refractivity contribution in [3.8, 4) is 5.88 Å². The van der Waals surface area contributed by atoms with E-state index in [-0.39, 0.29) is 5.41 Å². The molecule has 3 aliphatic rings. The smallest absolute Gasteiger partial charge is 0.223 e. The predicted octanol–water partition coefficient (Wildman–Crippen LogP) is 3.39. The molecule has 4 rings (SSSR count). The number of hydrogen-bond donors (Lipinski definition) is 1. The number of aromatic nitrogens is 1. The monoisotopic (exact) mass is 266 g/mol. The molecular weight excluding hydrogens is 248 g/mol. The molecule has 3 heteroatoms. The van der Waals surface area contributed by atoms with Crippen LogP contribution >= 0.6 is 0 Å². The molecule has 1 spiro atoms. The van der Waals surface area contributed by atoms with Crippen LogP contribution in [0.4, 0.5) is 5.69 Å². The maximum Gasteiger partial charge on any atom is 0.223 e. The van der Waals surface area contributed by atoms with Gasteiger partial charge in [-0.1, -0.05) is 24.3 Å². The standard InChI is InChI=1S/C17H18N2O/c1-11-14(18)5-7-19-16(11)20-15-9-12-8-13-4-2-3-6-17(13,15)10-12/h2-7,9,12-13H,8,10H2,1H3,(H2,18,19). The first-order valence-corrected chi connectivity index (χ1v) is 7.16. The minimum absolute atomic E-state index is 0.0537. The van der Waals surface area contributed by atoms with E-state index in [1.165, 1.54) is 6.42 Å². The number of anilines is 1. The summed E-state index contributed by atoms with van der Waals surface area (Å²) in [4.78, 5) is 4.34. The van der Waals surface area contributed by atoms with Gasteiger partial charge in [-0.2, -0.15) is 0 Å². The highest BCUT2D eigenvalue weighted by Gasteiger charge is 2.53. The Hall–Kier alpha value is -2.03. The number of nitrogen functional groups attached to an aromatic ring is 1. The van der Waals surface area contributed by atoms with E-state index in [1.54, 1.807) is 6.20 Å². The first kappa shape index (κ1) is 11.8. The zero-order valence-electron chi connectivity index (χ0n) is 11.5. The van der Waals surface area contributed by atoms with E-state index in [2.05, 4.69) is 35.4 Å². The fourth-order valence-electron chi connectivity index (χ4n) is 3.80. The van der Waals surface area contributed by atoms with Gasteiger partial charge in [0.25, 0.3) is 0 Å². The van der Waals surface area contributed by atoms with Gasteiger partial charge in [0.05, 0.1) is 5.41 Å². The second kappa shape index (κ2) is 3.98. The molecule has 0 radical (unpaired) electrons. The van der Waals surface area contributed by atoms with E-state index in [1.807, 2.05) is 13.0 Å². The van der Waals surface area contributed by atoms with Crippen molar-refractivity contribution >= 4 is 5.69 Å². The summed E-state index contributed by atoms with van der Waals surface area (Å²) in [5.41, 5.74) is 7.63. The van der Waals surface area contributed by atoms with Crippen molar-refractivity contribution in [3.05, 3.63) is 54.0 Å². The number of nitrogens with zero attached hydrogens (tertiary/aromatic N) is 1. The summed E-state index contributed by atoms with van der Waals surface area (Å²) in [6, 6.07) is 1.81. The Kier molecular flexibility index (Phi) is 2.34. The van der Waals surface area contributed by atoms with Crippen LogP contribution in [0, 0.1) is 24.2 Å². The van der Waals surface area contributed by atoms with E-state index in [4.69, 9.17) is 10.5 Å². The van der Waals surface area contributed by atoms with Gasteiger partial charge < -0.3 is 10.5 Å². The Balaban J connectivity index is 1.70. The summed E-state index contributed by atoms with van der Waals surface area (Å²) in [5, 5.41) is 0. The Morgan fingerprint density at radius 1 is 1.40 bits per heavy atom. The molecule has 0 amide bonds. The number of fused-ring (bicyclic) bond motifs is 1. The van der Waals surface area contributed by atoms with Gasteiger partial charge in [0.1, 0.15) is 5.76 Å². The molecule has 20 heavy (non-hydrogen) atoms. The molecule has 3 nitrogen and oxygen atoms in total. The van der Waals surface area contributed by atoms with Crippen LogP contribution in [0.3, 0.4) is 0 Å². The Bertz CT molecular complexity index is 659. The summed E-state index contributed by atoms with van der Waals surface area (Å²) in [7, 11) is 0. The normalized spacial score (nSPS) is 33.1. The van der Waals surface area contributed by atoms with Crippen molar-refractivity contribution in [2.24, 2.45) is 17.3 Å². The van der Waals surface area contributed by atoms with Gasteiger partial charge in [-0.05, 0) is 43.7 Å². The van der Waals surface area contributed by atoms with Gasteiger partial charge in [0.15, 0.2) is 0 Å². The molecule has 1 saturated carbocycles. The number of ether oxygens (including phenoxy) is 1. The third-order valence-corrected chi connectivity index (χ3v) is 4.92. The molecule has 3 atom stereocenters. The number of allylic oxidation sites excluding steroid dienone is 5. The number of nitrogens with two attached hydrogens (primary N) is 1. The van der Waals surface area contributed by atoms with E-state index in [9.17, 15) is 0 Å². The number of pyridine rings is 1. The van der Waals surface area contributed by atoms with Gasteiger partial charge >= 0.3 is 0 Å². The van der Waals surface area contributed by atoms with Gasteiger partial charge in [-0.3, -0.25) is 0 Å². The van der Waals surface area contributed by atoms with Crippen molar-refractivity contribution < 1.29 is 4.74 Å². The molecule has 1 aromatic heterocycles. The van der Waals surface area contributed by atoms with Crippen molar-refractivity contribution in [1.82, 2.24) is 4.98 Å². The summed E-state index contributed by atoms with van der Waals surface area (Å²) < 4.78 is 6.17. The molecule has 0 aliphatic heterocycles. The maximum absolute atomic E-state index is 6.17. The molecule has 2 N–H and O–H groups in total. The summed E-state index contributed by atoms with van der Waals surface area (Å²) in [5.74, 6) is 2.89. The van der Waals surface area contributed by atoms with Crippen molar-refractivity contribution in [2.75, 3.05) is 5.73 Å². The highest BCUT2D eigenvalue weighted by atomic mass is 16.5. The summed E-state index contributed by atoms with van der Waals surface area (Å²) in [6.45, 7) is 1.96. The first-order chi connectivity index (χ1) is 9.69. The van der Waals surface area contributed by atoms with Gasteiger partial charge in [0.2, 0.25) is 5.88 Å². The van der Waals surface area contributed by atoms with E-state index < -0.39 is 0 Å². The topological polar surface area (TPSA) is 48.1 Å². The zero-order chi connectivity index (χ0) is 13.7. The van der Waals surface area contributed by atoms with Crippen LogP contribution in [0.2, 0.25) is 0 Å². The molecule has 1 fully saturated rings. The Morgan fingerprint density at radius 2 is 2.30 bits per heavy atom. The van der Waals surface area contributed by atoms with Gasteiger partial charge in [-0.25, -0.2) is 4.98 Å². The second-order valence-electron chi connectivity index (χ2n) is 6.05. The minimum Gasteiger partial charge on any atom is -0.442 e. The molecule has 102 valence electrons. The lowest BCUT2D eigenvalue weighted by molar-refractivity contribution is 0.251. The largest absolute Gasteiger partial charge is 0.442 e. The van der Waals surface area contributed by atoms with Crippen LogP contribution in [-0.4, -0.2) is 4.98 Å². The molecule has 0 saturated heterocycles. The lowest BCUT2D eigenvalue weighted by Gasteiger charge is -2.34. The number of rotatable bonds is 2. The Labute approximate surface area is 118 Å². The van der Waals surface area contributed by atoms with Crippen LogP contribution in [0.25, 0.3) is 0 Å². The van der Waals surface area contributed by atoms with Crippen LogP contribution in [0.15, 0.2) is 48.4 Å². The lowest BCUT2D eigenvalue weighted by atomic mass is 9.74. The van der Waals surface area contributed by atoms with E-state index in [0.29, 0.717) is 17.7 Å². The third kappa shape index (κ3) is 1.49. The SMILES string of the molecule is Cc1c(N)ccnc1OC1=CC2CC3C=CC=CC13C2. The third-order valence-electron chi connectivity index (χ3n) is 4.92. The van der Waals surface area contributed by atoms with Crippen molar-refractivity contribution in [1.29, 1.82) is 0 Å². The molecule has 1 heterocycles. The van der Waals surface area contributed by atoms with Crippen LogP contribution in [0.5, 0.6) is 5.88 Å². The van der Waals surface area contributed by atoms with Crippen molar-refractivity contribution in [3.63, 3.8) is 0 Å². The van der Waals surface area contributed by atoms with Crippen LogP contribution in [-0.2, 0) is 0 Å². The van der Waals surface area contributed by atoms with E-state index in [0.717, 1.165) is 23.4 Å². The van der Waals surface area contributed by atoms with Crippen LogP contribution < -0.4 is 10.5 Å². The predicted molar refractivity (Wildman–Crippen MR) is 79.0 cm³/mol. The highest BCUT2D eigenvalue weighted by Crippen LogP contribution is 2.59. The quantitative estimate of drug-likeness (QED) is 0.892. The fraction of sp³-hybridized carbons (Fsp3) is 0.353. The fourth-order valence-corrected chi connectivity index (χ4v) is 3.80. The average Bonchev–Trinajstić information content (AvgIpc) is 2.97. The molecule has 3 unspecified atom stereocenters. The highest BCUT2D eigenvalue weighted by molar-refractivity contribution is 5.50. The van der Waals surface area contributed by atoms with Gasteiger partial charge in [0, 0.05) is 17.4 Å². The first-order valence-electron chi connectivity index (χ1n) is 7.16. The Morgan fingerprint density at radius 3 is 3.20 bits per heavy atom. The molecule has 2 bridgehead atoms. The average molecular weight is 266 g/mol. The lowest BCUT2D eigenvalue weighted by Crippen LogP contribution is -2.28. The minimum atomic E-state index is 0.0537. The molecule has 1 aromatic rings. The number of hydrogen-bond acceptors (Lipinski definition) is 3. The molecule has 3 aliphatic carbocycles. The summed E-state index contributed by atoms with van der Waals surface area (Å²) >= 11 is 0. The molecular formula is C17H18N2O. The zero-order valence-corrected chi connectivity index (χ0v) is 11.5. The molecule has 0 aromatic carbocycles. The summed E-state index contributed by atoms with van der Waals surface area (Å²) in [6.07, 6.45) is 15.3. The second-order valence-corrected chi connectivity index (χ2v) is 6.05. The van der Waals surface area contributed by atoms with Crippen molar-refractivity contribution in [2.45, 2.75) is 19.8 Å².